The van der Waals surface area contributed by atoms with E-state index in [1.165, 1.54) is 30.5 Å². The fourth-order valence-corrected chi connectivity index (χ4v) is 1.73. The minimum atomic E-state index is 1.02. The number of hydrogen-bond acceptors (Lipinski definition) is 1. The summed E-state index contributed by atoms with van der Waals surface area (Å²) in [5.41, 5.74) is 2.70. The molecule has 1 nitrogen and oxygen atoms in total. The van der Waals surface area contributed by atoms with Crippen LogP contribution >= 0.6 is 0 Å². The second-order valence-corrected chi connectivity index (χ2v) is 4.21. The van der Waals surface area contributed by atoms with Crippen LogP contribution in [0.3, 0.4) is 0 Å². The maximum Gasteiger partial charge on any atom is 0.0342 e. The Balaban J connectivity index is 1.81. The quantitative estimate of drug-likeness (QED) is 0.748. The smallest absolute Gasteiger partial charge is 0.0342 e. The van der Waals surface area contributed by atoms with Gasteiger partial charge in [0, 0.05) is 12.2 Å². The summed E-state index contributed by atoms with van der Waals surface area (Å²) in [6.45, 7) is 3.33. The molecule has 0 aromatic heterocycles. The summed E-state index contributed by atoms with van der Waals surface area (Å²) in [4.78, 5) is 0. The van der Waals surface area contributed by atoms with Crippen molar-refractivity contribution in [1.29, 1.82) is 0 Å². The lowest BCUT2D eigenvalue weighted by Gasteiger charge is -2.06. The van der Waals surface area contributed by atoms with Crippen LogP contribution in [-0.2, 0) is 6.42 Å². The molecule has 0 radical (unpaired) electrons. The van der Waals surface area contributed by atoms with Gasteiger partial charge in [-0.3, -0.25) is 0 Å². The second-order valence-electron chi connectivity index (χ2n) is 4.21. The van der Waals surface area contributed by atoms with Gasteiger partial charge in [0.1, 0.15) is 0 Å². The van der Waals surface area contributed by atoms with Crippen LogP contribution in [0.2, 0.25) is 0 Å². The van der Waals surface area contributed by atoms with E-state index >= 15 is 0 Å². The molecule has 1 fully saturated rings. The molecule has 0 amide bonds. The Morgan fingerprint density at radius 2 is 2.21 bits per heavy atom. The normalized spacial score (nSPS) is 15.5. The van der Waals surface area contributed by atoms with Gasteiger partial charge in [0.25, 0.3) is 0 Å². The highest BCUT2D eigenvalue weighted by Crippen LogP contribution is 2.32. The van der Waals surface area contributed by atoms with Crippen LogP contribution in [0.15, 0.2) is 24.3 Å². The SMILES string of the molecule is CCc1cccc(NCCC2CC2)c1. The highest BCUT2D eigenvalue weighted by atomic mass is 14.9. The fraction of sp³-hybridized carbons (Fsp3) is 0.538. The van der Waals surface area contributed by atoms with Crippen LogP contribution in [0.4, 0.5) is 5.69 Å². The Hall–Kier alpha value is -0.980. The second kappa shape index (κ2) is 4.50. The summed E-state index contributed by atoms with van der Waals surface area (Å²) >= 11 is 0. The average molecular weight is 189 g/mol. The molecule has 0 unspecified atom stereocenters. The van der Waals surface area contributed by atoms with E-state index in [1.54, 1.807) is 0 Å². The molecular weight excluding hydrogens is 170 g/mol. The Labute approximate surface area is 86.5 Å². The van der Waals surface area contributed by atoms with Crippen molar-refractivity contribution in [3.8, 4) is 0 Å². The first-order valence-corrected chi connectivity index (χ1v) is 5.71. The monoisotopic (exact) mass is 189 g/mol. The van der Waals surface area contributed by atoms with E-state index in [-0.39, 0.29) is 0 Å². The van der Waals surface area contributed by atoms with Crippen LogP contribution in [0, 0.1) is 5.92 Å². The van der Waals surface area contributed by atoms with Crippen molar-refractivity contribution in [2.45, 2.75) is 32.6 Å². The Kier molecular flexibility index (Phi) is 3.07. The highest BCUT2D eigenvalue weighted by Gasteiger charge is 2.19. The summed E-state index contributed by atoms with van der Waals surface area (Å²) in [7, 11) is 0. The molecule has 1 N–H and O–H groups in total. The Morgan fingerprint density at radius 3 is 2.93 bits per heavy atom. The number of anilines is 1. The van der Waals surface area contributed by atoms with Gasteiger partial charge in [0.15, 0.2) is 0 Å². The average Bonchev–Trinajstić information content (AvgIpc) is 3.02. The van der Waals surface area contributed by atoms with Crippen molar-refractivity contribution in [2.75, 3.05) is 11.9 Å². The van der Waals surface area contributed by atoms with Gasteiger partial charge in [-0.05, 0) is 36.5 Å². The minimum absolute atomic E-state index is 1.02. The molecule has 14 heavy (non-hydrogen) atoms. The van der Waals surface area contributed by atoms with Gasteiger partial charge in [-0.25, -0.2) is 0 Å². The highest BCUT2D eigenvalue weighted by molar-refractivity contribution is 5.45. The number of aryl methyl sites for hydroxylation is 1. The van der Waals surface area contributed by atoms with Gasteiger partial charge >= 0.3 is 0 Å². The number of hydrogen-bond donors (Lipinski definition) is 1. The minimum Gasteiger partial charge on any atom is -0.385 e. The largest absolute Gasteiger partial charge is 0.385 e. The van der Waals surface area contributed by atoms with Gasteiger partial charge < -0.3 is 5.32 Å². The molecule has 0 atom stereocenters. The van der Waals surface area contributed by atoms with E-state index in [0.29, 0.717) is 0 Å². The van der Waals surface area contributed by atoms with Crippen LogP contribution in [0.25, 0.3) is 0 Å². The van der Waals surface area contributed by atoms with Gasteiger partial charge in [-0.15, -0.1) is 0 Å². The van der Waals surface area contributed by atoms with Crippen molar-refractivity contribution in [3.05, 3.63) is 29.8 Å². The van der Waals surface area contributed by atoms with Crippen LogP contribution in [-0.4, -0.2) is 6.54 Å². The van der Waals surface area contributed by atoms with E-state index in [1.807, 2.05) is 0 Å². The van der Waals surface area contributed by atoms with Crippen LogP contribution in [0.1, 0.15) is 31.7 Å². The molecule has 0 aliphatic heterocycles. The van der Waals surface area contributed by atoms with Gasteiger partial charge in [-0.1, -0.05) is 31.9 Å². The van der Waals surface area contributed by atoms with Crippen LogP contribution in [0.5, 0.6) is 0 Å². The van der Waals surface area contributed by atoms with E-state index in [9.17, 15) is 0 Å². The topological polar surface area (TPSA) is 12.0 Å². The van der Waals surface area contributed by atoms with Crippen molar-refractivity contribution in [2.24, 2.45) is 5.92 Å². The van der Waals surface area contributed by atoms with Crippen molar-refractivity contribution >= 4 is 5.69 Å². The summed E-state index contributed by atoms with van der Waals surface area (Å²) in [5.74, 6) is 1.02. The van der Waals surface area contributed by atoms with Gasteiger partial charge in [-0.2, -0.15) is 0 Å². The number of rotatable bonds is 5. The summed E-state index contributed by atoms with van der Waals surface area (Å²) in [5, 5.41) is 3.49. The molecule has 1 heteroatoms. The lowest BCUT2D eigenvalue weighted by Crippen LogP contribution is -2.02. The third-order valence-corrected chi connectivity index (χ3v) is 2.91. The first kappa shape index (κ1) is 9.57. The molecule has 0 saturated heterocycles. The lowest BCUT2D eigenvalue weighted by molar-refractivity contribution is 0.760. The van der Waals surface area contributed by atoms with Crippen LogP contribution < -0.4 is 5.32 Å². The Morgan fingerprint density at radius 1 is 1.36 bits per heavy atom. The predicted molar refractivity (Wildman–Crippen MR) is 61.7 cm³/mol. The van der Waals surface area contributed by atoms with E-state index in [2.05, 4.69) is 36.5 Å². The van der Waals surface area contributed by atoms with E-state index in [0.717, 1.165) is 18.9 Å². The fourth-order valence-electron chi connectivity index (χ4n) is 1.73. The van der Waals surface area contributed by atoms with Gasteiger partial charge in [0.05, 0.1) is 0 Å². The van der Waals surface area contributed by atoms with E-state index in [4.69, 9.17) is 0 Å². The molecular formula is C13H19N. The zero-order valence-electron chi connectivity index (χ0n) is 8.92. The zero-order chi connectivity index (χ0) is 9.80. The molecule has 1 aromatic carbocycles. The first-order valence-electron chi connectivity index (χ1n) is 5.71. The van der Waals surface area contributed by atoms with Crippen molar-refractivity contribution in [3.63, 3.8) is 0 Å². The molecule has 2 rings (SSSR count). The molecule has 0 heterocycles. The summed E-state index contributed by atoms with van der Waals surface area (Å²) < 4.78 is 0. The Bertz CT molecular complexity index is 289. The third kappa shape index (κ3) is 2.76. The van der Waals surface area contributed by atoms with E-state index < -0.39 is 0 Å². The maximum atomic E-state index is 3.49. The standard InChI is InChI=1S/C13H19N/c1-2-11-4-3-5-13(10-11)14-9-8-12-6-7-12/h3-5,10,12,14H,2,6-9H2,1H3. The maximum absolute atomic E-state index is 3.49. The van der Waals surface area contributed by atoms with Crippen molar-refractivity contribution in [1.82, 2.24) is 0 Å². The molecule has 1 aliphatic rings. The number of nitrogens with one attached hydrogen (secondary N) is 1. The molecule has 1 aliphatic carbocycles. The first-order chi connectivity index (χ1) is 6.88. The molecule has 1 saturated carbocycles. The molecule has 0 bridgehead atoms. The van der Waals surface area contributed by atoms with Gasteiger partial charge in [0.2, 0.25) is 0 Å². The summed E-state index contributed by atoms with van der Waals surface area (Å²) in [6.07, 6.45) is 5.38. The molecule has 76 valence electrons. The number of benzene rings is 1. The van der Waals surface area contributed by atoms with Crippen molar-refractivity contribution < 1.29 is 0 Å². The molecule has 1 aromatic rings. The molecule has 0 spiro atoms. The lowest BCUT2D eigenvalue weighted by atomic mass is 10.1. The predicted octanol–water partition coefficient (Wildman–Crippen LogP) is 3.46. The third-order valence-electron chi connectivity index (χ3n) is 2.91. The zero-order valence-corrected chi connectivity index (χ0v) is 8.92. The summed E-state index contributed by atoms with van der Waals surface area (Å²) in [6, 6.07) is 8.74.